The highest BCUT2D eigenvalue weighted by molar-refractivity contribution is 5.92. The van der Waals surface area contributed by atoms with E-state index >= 15 is 0 Å². The van der Waals surface area contributed by atoms with Crippen molar-refractivity contribution < 1.29 is 27.8 Å². The molecule has 0 saturated heterocycles. The maximum Gasteiger partial charge on any atom is 0.586 e. The van der Waals surface area contributed by atoms with Crippen molar-refractivity contribution in [1.82, 2.24) is 4.90 Å². The predicted molar refractivity (Wildman–Crippen MR) is 97.7 cm³/mol. The van der Waals surface area contributed by atoms with Crippen molar-refractivity contribution >= 4 is 11.6 Å². The van der Waals surface area contributed by atoms with Gasteiger partial charge < -0.3 is 19.5 Å². The third-order valence-corrected chi connectivity index (χ3v) is 4.64. The van der Waals surface area contributed by atoms with Crippen molar-refractivity contribution in [2.24, 2.45) is 0 Å². The monoisotopic (exact) mass is 390 g/mol. The maximum atomic E-state index is 13.1. The fourth-order valence-electron chi connectivity index (χ4n) is 3.13. The SMILES string of the molecule is COc1ccc(CN(CC(=O)Nc2ccc3c(c2)OC(F)(F)O3)C2CC2)cc1. The van der Waals surface area contributed by atoms with Crippen molar-refractivity contribution in [1.29, 1.82) is 0 Å². The van der Waals surface area contributed by atoms with Crippen molar-refractivity contribution in [3.63, 3.8) is 0 Å². The number of benzene rings is 2. The van der Waals surface area contributed by atoms with Gasteiger partial charge in [0.15, 0.2) is 11.5 Å². The fraction of sp³-hybridized carbons (Fsp3) is 0.350. The number of carbonyl (C=O) groups excluding carboxylic acids is 1. The molecular formula is C20H20F2N2O4. The van der Waals surface area contributed by atoms with Crippen molar-refractivity contribution in [3.8, 4) is 17.2 Å². The number of nitrogens with zero attached hydrogens (tertiary/aromatic N) is 1. The van der Waals surface area contributed by atoms with E-state index in [0.29, 0.717) is 18.3 Å². The molecule has 2 aromatic rings. The van der Waals surface area contributed by atoms with Crippen LogP contribution in [0.4, 0.5) is 14.5 Å². The summed E-state index contributed by atoms with van der Waals surface area (Å²) in [6.45, 7) is 0.858. The van der Waals surface area contributed by atoms with Crippen LogP contribution in [-0.2, 0) is 11.3 Å². The summed E-state index contributed by atoms with van der Waals surface area (Å²) in [5, 5.41) is 2.74. The molecule has 1 saturated carbocycles. The number of nitrogens with one attached hydrogen (secondary N) is 1. The van der Waals surface area contributed by atoms with Crippen LogP contribution in [0.5, 0.6) is 17.2 Å². The largest absolute Gasteiger partial charge is 0.586 e. The summed E-state index contributed by atoms with van der Waals surface area (Å²) in [5.74, 6) is 0.418. The summed E-state index contributed by atoms with van der Waals surface area (Å²) in [6, 6.07) is 12.3. The van der Waals surface area contributed by atoms with Gasteiger partial charge in [0.1, 0.15) is 5.75 Å². The van der Waals surface area contributed by atoms with E-state index in [0.717, 1.165) is 24.2 Å². The molecule has 4 rings (SSSR count). The van der Waals surface area contributed by atoms with E-state index in [1.54, 1.807) is 7.11 Å². The third-order valence-electron chi connectivity index (χ3n) is 4.64. The first kappa shape index (κ1) is 18.5. The predicted octanol–water partition coefficient (Wildman–Crippen LogP) is 3.62. The lowest BCUT2D eigenvalue weighted by Crippen LogP contribution is -2.34. The van der Waals surface area contributed by atoms with Gasteiger partial charge >= 0.3 is 6.29 Å². The summed E-state index contributed by atoms with van der Waals surface area (Å²) in [6.07, 6.45) is -1.56. The quantitative estimate of drug-likeness (QED) is 0.783. The molecule has 2 aromatic carbocycles. The summed E-state index contributed by atoms with van der Waals surface area (Å²) in [4.78, 5) is 14.6. The van der Waals surface area contributed by atoms with Gasteiger partial charge in [0.05, 0.1) is 13.7 Å². The number of methoxy groups -OCH3 is 1. The van der Waals surface area contributed by atoms with Crippen LogP contribution in [0.15, 0.2) is 42.5 Å². The molecule has 1 aliphatic carbocycles. The van der Waals surface area contributed by atoms with Crippen LogP contribution in [0.2, 0.25) is 0 Å². The molecule has 1 amide bonds. The average molecular weight is 390 g/mol. The number of anilines is 1. The van der Waals surface area contributed by atoms with Crippen LogP contribution in [0.25, 0.3) is 0 Å². The van der Waals surface area contributed by atoms with Crippen LogP contribution in [-0.4, -0.2) is 36.8 Å². The summed E-state index contributed by atoms with van der Waals surface area (Å²) in [5.41, 5.74) is 1.47. The van der Waals surface area contributed by atoms with Crippen LogP contribution in [0.3, 0.4) is 0 Å². The molecule has 0 bridgehead atoms. The highest BCUT2D eigenvalue weighted by Gasteiger charge is 2.43. The topological polar surface area (TPSA) is 60.0 Å². The smallest absolute Gasteiger partial charge is 0.497 e. The highest BCUT2D eigenvalue weighted by Crippen LogP contribution is 2.42. The van der Waals surface area contributed by atoms with Crippen molar-refractivity contribution in [2.45, 2.75) is 31.7 Å². The summed E-state index contributed by atoms with van der Waals surface area (Å²) >= 11 is 0. The number of hydrogen-bond acceptors (Lipinski definition) is 5. The number of halogens is 2. The second-order valence-corrected chi connectivity index (χ2v) is 6.86. The minimum absolute atomic E-state index is 0.0536. The van der Waals surface area contributed by atoms with Gasteiger partial charge in [-0.05, 0) is 42.7 Å². The lowest BCUT2D eigenvalue weighted by molar-refractivity contribution is -0.286. The van der Waals surface area contributed by atoms with Crippen LogP contribution in [0.1, 0.15) is 18.4 Å². The lowest BCUT2D eigenvalue weighted by atomic mass is 10.2. The Hall–Kier alpha value is -2.87. The maximum absolute atomic E-state index is 13.1. The molecule has 8 heteroatoms. The molecule has 1 fully saturated rings. The number of carbonyl (C=O) groups is 1. The lowest BCUT2D eigenvalue weighted by Gasteiger charge is -2.21. The number of alkyl halides is 2. The first-order chi connectivity index (χ1) is 13.4. The molecule has 6 nitrogen and oxygen atoms in total. The molecule has 0 aromatic heterocycles. The Morgan fingerprint density at radius 3 is 2.57 bits per heavy atom. The van der Waals surface area contributed by atoms with Gasteiger partial charge in [0.25, 0.3) is 0 Å². The second kappa shape index (κ2) is 7.27. The van der Waals surface area contributed by atoms with Gasteiger partial charge in [-0.25, -0.2) is 0 Å². The molecule has 0 radical (unpaired) electrons. The standard InChI is InChI=1S/C20H20F2N2O4/c1-26-16-7-2-13(3-8-16)11-24(15-5-6-15)12-19(25)23-14-4-9-17-18(10-14)28-20(21,22)27-17/h2-4,7-10,15H,5-6,11-12H2,1H3,(H,23,25). The number of ether oxygens (including phenoxy) is 3. The van der Waals surface area contributed by atoms with Gasteiger partial charge in [-0.3, -0.25) is 9.69 Å². The van der Waals surface area contributed by atoms with Gasteiger partial charge in [-0.2, -0.15) is 0 Å². The summed E-state index contributed by atoms with van der Waals surface area (Å²) < 4.78 is 40.2. The van der Waals surface area contributed by atoms with E-state index in [1.165, 1.54) is 18.2 Å². The Bertz CT molecular complexity index is 869. The molecule has 0 unspecified atom stereocenters. The van der Waals surface area contributed by atoms with E-state index in [4.69, 9.17) is 4.74 Å². The molecule has 2 aliphatic rings. The van der Waals surface area contributed by atoms with E-state index in [2.05, 4.69) is 19.7 Å². The number of fused-ring (bicyclic) bond motifs is 1. The van der Waals surface area contributed by atoms with Gasteiger partial charge in [0.2, 0.25) is 5.91 Å². The molecule has 28 heavy (non-hydrogen) atoms. The number of rotatable bonds is 7. The second-order valence-electron chi connectivity index (χ2n) is 6.86. The van der Waals surface area contributed by atoms with E-state index in [-0.39, 0.29) is 24.0 Å². The van der Waals surface area contributed by atoms with Crippen molar-refractivity contribution in [3.05, 3.63) is 48.0 Å². The fourth-order valence-corrected chi connectivity index (χ4v) is 3.13. The van der Waals surface area contributed by atoms with E-state index in [1.807, 2.05) is 24.3 Å². The van der Waals surface area contributed by atoms with Crippen LogP contribution < -0.4 is 19.5 Å². The zero-order chi connectivity index (χ0) is 19.7. The summed E-state index contributed by atoms with van der Waals surface area (Å²) in [7, 11) is 1.62. The molecular weight excluding hydrogens is 370 g/mol. The Balaban J connectivity index is 1.37. The normalized spacial score (nSPS) is 16.9. The Kier molecular flexibility index (Phi) is 4.80. The van der Waals surface area contributed by atoms with E-state index in [9.17, 15) is 13.6 Å². The zero-order valence-electron chi connectivity index (χ0n) is 15.3. The highest BCUT2D eigenvalue weighted by atomic mass is 19.3. The van der Waals surface area contributed by atoms with E-state index < -0.39 is 6.29 Å². The average Bonchev–Trinajstić information content (AvgIpc) is 3.44. The third kappa shape index (κ3) is 4.33. The minimum Gasteiger partial charge on any atom is -0.497 e. The van der Waals surface area contributed by atoms with Crippen LogP contribution in [0, 0.1) is 0 Å². The molecule has 148 valence electrons. The van der Waals surface area contributed by atoms with Crippen molar-refractivity contribution in [2.75, 3.05) is 19.0 Å². The number of amides is 1. The molecule has 1 heterocycles. The minimum atomic E-state index is -3.67. The van der Waals surface area contributed by atoms with Gasteiger partial charge in [-0.1, -0.05) is 12.1 Å². The molecule has 1 N–H and O–H groups in total. The number of hydrogen-bond donors (Lipinski definition) is 1. The first-order valence-corrected chi connectivity index (χ1v) is 8.98. The molecule has 0 spiro atoms. The Morgan fingerprint density at radius 2 is 1.89 bits per heavy atom. The van der Waals surface area contributed by atoms with Gasteiger partial charge in [0, 0.05) is 24.3 Å². The first-order valence-electron chi connectivity index (χ1n) is 8.98. The van der Waals surface area contributed by atoms with Crippen LogP contribution >= 0.6 is 0 Å². The Labute approximate surface area is 161 Å². The zero-order valence-corrected chi connectivity index (χ0v) is 15.3. The molecule has 1 aliphatic heterocycles. The molecule has 0 atom stereocenters. The Morgan fingerprint density at radius 1 is 1.18 bits per heavy atom. The van der Waals surface area contributed by atoms with Gasteiger partial charge in [-0.15, -0.1) is 8.78 Å².